The summed E-state index contributed by atoms with van der Waals surface area (Å²) in [5.74, 6) is -0.681. The van der Waals surface area contributed by atoms with Gasteiger partial charge in [-0.25, -0.2) is 4.79 Å². The van der Waals surface area contributed by atoms with Crippen molar-refractivity contribution in [2.24, 2.45) is 5.73 Å². The van der Waals surface area contributed by atoms with Crippen LogP contribution < -0.4 is 5.73 Å². The van der Waals surface area contributed by atoms with Crippen LogP contribution in [0.5, 0.6) is 0 Å². The van der Waals surface area contributed by atoms with E-state index in [9.17, 15) is 4.79 Å². The lowest BCUT2D eigenvalue weighted by molar-refractivity contribution is -0.144. The standard InChI is InChI=1S/C8H14N2O3/c1-2-12-4-3-5-13-8(11)7(10)6-9/h7H,2-5,10H2,1H3. The lowest BCUT2D eigenvalue weighted by Gasteiger charge is -2.05. The van der Waals surface area contributed by atoms with Crippen molar-refractivity contribution in [3.63, 3.8) is 0 Å². The van der Waals surface area contributed by atoms with Crippen molar-refractivity contribution in [3.8, 4) is 6.07 Å². The van der Waals surface area contributed by atoms with E-state index in [2.05, 4.69) is 4.74 Å². The van der Waals surface area contributed by atoms with Crippen LogP contribution >= 0.6 is 0 Å². The number of carbonyl (C=O) groups is 1. The molecule has 0 radical (unpaired) electrons. The molecule has 0 aliphatic heterocycles. The van der Waals surface area contributed by atoms with Crippen LogP contribution in [-0.4, -0.2) is 31.8 Å². The molecule has 0 saturated carbocycles. The topological polar surface area (TPSA) is 85.3 Å². The van der Waals surface area contributed by atoms with Crippen molar-refractivity contribution >= 4 is 5.97 Å². The molecule has 0 heterocycles. The van der Waals surface area contributed by atoms with Gasteiger partial charge in [-0.2, -0.15) is 5.26 Å². The molecule has 13 heavy (non-hydrogen) atoms. The molecule has 5 nitrogen and oxygen atoms in total. The number of nitriles is 1. The summed E-state index contributed by atoms with van der Waals surface area (Å²) in [7, 11) is 0. The zero-order chi connectivity index (χ0) is 10.1. The van der Waals surface area contributed by atoms with Crippen molar-refractivity contribution in [3.05, 3.63) is 0 Å². The van der Waals surface area contributed by atoms with Crippen LogP contribution in [-0.2, 0) is 14.3 Å². The quantitative estimate of drug-likeness (QED) is 0.459. The highest BCUT2D eigenvalue weighted by Gasteiger charge is 2.12. The Balaban J connectivity index is 3.33. The molecule has 0 bridgehead atoms. The van der Waals surface area contributed by atoms with Gasteiger partial charge in [-0.05, 0) is 6.92 Å². The second-order valence-electron chi connectivity index (χ2n) is 2.32. The largest absolute Gasteiger partial charge is 0.464 e. The normalized spacial score (nSPS) is 11.8. The van der Waals surface area contributed by atoms with Crippen LogP contribution in [0.1, 0.15) is 13.3 Å². The first kappa shape index (κ1) is 11.9. The van der Waals surface area contributed by atoms with Gasteiger partial charge in [0.05, 0.1) is 12.7 Å². The number of hydrogen-bond acceptors (Lipinski definition) is 5. The highest BCUT2D eigenvalue weighted by atomic mass is 16.5. The Kier molecular flexibility index (Phi) is 6.88. The van der Waals surface area contributed by atoms with Crippen molar-refractivity contribution in [1.82, 2.24) is 0 Å². The van der Waals surface area contributed by atoms with Gasteiger partial charge in [0, 0.05) is 19.6 Å². The molecule has 5 heteroatoms. The summed E-state index contributed by atoms with van der Waals surface area (Å²) in [6.07, 6.45) is 0.623. The predicted octanol–water partition coefficient (Wildman–Crippen LogP) is -0.193. The molecule has 0 aromatic heterocycles. The summed E-state index contributed by atoms with van der Waals surface area (Å²) >= 11 is 0. The first-order chi connectivity index (χ1) is 6.22. The number of esters is 1. The third kappa shape index (κ3) is 6.08. The summed E-state index contributed by atoms with van der Waals surface area (Å²) in [4.78, 5) is 10.8. The van der Waals surface area contributed by atoms with E-state index in [1.54, 1.807) is 6.07 Å². The average molecular weight is 186 g/mol. The van der Waals surface area contributed by atoms with Crippen molar-refractivity contribution < 1.29 is 14.3 Å². The van der Waals surface area contributed by atoms with Gasteiger partial charge in [0.1, 0.15) is 0 Å². The monoisotopic (exact) mass is 186 g/mol. The van der Waals surface area contributed by atoms with Gasteiger partial charge in [0.2, 0.25) is 0 Å². The molecule has 1 unspecified atom stereocenters. The van der Waals surface area contributed by atoms with E-state index < -0.39 is 12.0 Å². The molecule has 0 saturated heterocycles. The number of ether oxygens (including phenoxy) is 2. The molecular formula is C8H14N2O3. The number of nitrogens with two attached hydrogens (primary N) is 1. The summed E-state index contributed by atoms with van der Waals surface area (Å²) in [5.41, 5.74) is 5.09. The van der Waals surface area contributed by atoms with E-state index in [1.807, 2.05) is 6.92 Å². The van der Waals surface area contributed by atoms with Gasteiger partial charge in [0.25, 0.3) is 0 Å². The summed E-state index contributed by atoms with van der Waals surface area (Å²) in [6, 6.07) is 0.415. The Morgan fingerprint density at radius 3 is 2.85 bits per heavy atom. The Morgan fingerprint density at radius 1 is 1.62 bits per heavy atom. The maximum atomic E-state index is 10.8. The van der Waals surface area contributed by atoms with Gasteiger partial charge in [0.15, 0.2) is 6.04 Å². The Labute approximate surface area is 77.4 Å². The maximum Gasteiger partial charge on any atom is 0.337 e. The zero-order valence-corrected chi connectivity index (χ0v) is 7.66. The highest BCUT2D eigenvalue weighted by Crippen LogP contribution is 1.88. The van der Waals surface area contributed by atoms with Crippen LogP contribution in [0.3, 0.4) is 0 Å². The fourth-order valence-electron chi connectivity index (χ4n) is 0.621. The minimum absolute atomic E-state index is 0.244. The predicted molar refractivity (Wildman–Crippen MR) is 45.7 cm³/mol. The molecule has 74 valence electrons. The highest BCUT2D eigenvalue weighted by molar-refractivity contribution is 5.78. The molecule has 1 atom stereocenters. The minimum Gasteiger partial charge on any atom is -0.464 e. The minimum atomic E-state index is -1.17. The molecule has 0 fully saturated rings. The van der Waals surface area contributed by atoms with Crippen LogP contribution in [0.15, 0.2) is 0 Å². The smallest absolute Gasteiger partial charge is 0.337 e. The molecule has 0 aromatic rings. The number of hydrogen-bond donors (Lipinski definition) is 1. The van der Waals surface area contributed by atoms with E-state index >= 15 is 0 Å². The second kappa shape index (κ2) is 7.53. The van der Waals surface area contributed by atoms with Crippen LogP contribution in [0.4, 0.5) is 0 Å². The number of nitrogens with zero attached hydrogens (tertiary/aromatic N) is 1. The Morgan fingerprint density at radius 2 is 2.31 bits per heavy atom. The van der Waals surface area contributed by atoms with Crippen LogP contribution in [0, 0.1) is 11.3 Å². The SMILES string of the molecule is CCOCCCOC(=O)C(N)C#N. The van der Waals surface area contributed by atoms with E-state index in [0.29, 0.717) is 19.6 Å². The first-order valence-corrected chi connectivity index (χ1v) is 4.12. The van der Waals surface area contributed by atoms with Gasteiger partial charge in [-0.1, -0.05) is 0 Å². The van der Waals surface area contributed by atoms with Gasteiger partial charge in [-0.3, -0.25) is 0 Å². The average Bonchev–Trinajstić information content (AvgIpc) is 2.16. The van der Waals surface area contributed by atoms with E-state index in [1.165, 1.54) is 0 Å². The third-order valence-corrected chi connectivity index (χ3v) is 1.27. The first-order valence-electron chi connectivity index (χ1n) is 4.12. The van der Waals surface area contributed by atoms with E-state index in [0.717, 1.165) is 0 Å². The molecule has 0 aliphatic carbocycles. The zero-order valence-electron chi connectivity index (χ0n) is 7.66. The molecule has 0 aliphatic rings. The number of rotatable bonds is 6. The summed E-state index contributed by atoms with van der Waals surface area (Å²) < 4.78 is 9.69. The van der Waals surface area contributed by atoms with Crippen molar-refractivity contribution in [2.75, 3.05) is 19.8 Å². The second-order valence-corrected chi connectivity index (χ2v) is 2.32. The summed E-state index contributed by atoms with van der Waals surface area (Å²) in [6.45, 7) is 3.32. The van der Waals surface area contributed by atoms with Crippen molar-refractivity contribution in [2.45, 2.75) is 19.4 Å². The van der Waals surface area contributed by atoms with Gasteiger partial charge in [-0.15, -0.1) is 0 Å². The molecular weight excluding hydrogens is 172 g/mol. The van der Waals surface area contributed by atoms with Gasteiger partial charge >= 0.3 is 5.97 Å². The van der Waals surface area contributed by atoms with Crippen molar-refractivity contribution in [1.29, 1.82) is 5.26 Å². The van der Waals surface area contributed by atoms with Crippen LogP contribution in [0.25, 0.3) is 0 Å². The Hall–Kier alpha value is -1.12. The van der Waals surface area contributed by atoms with E-state index in [-0.39, 0.29) is 6.61 Å². The number of carbonyl (C=O) groups excluding carboxylic acids is 1. The summed E-state index contributed by atoms with van der Waals surface area (Å²) in [5, 5.41) is 8.25. The lowest BCUT2D eigenvalue weighted by Crippen LogP contribution is -2.30. The molecule has 0 aromatic carbocycles. The fraction of sp³-hybridized carbons (Fsp3) is 0.750. The van der Waals surface area contributed by atoms with Crippen LogP contribution in [0.2, 0.25) is 0 Å². The van der Waals surface area contributed by atoms with E-state index in [4.69, 9.17) is 15.7 Å². The molecule has 2 N–H and O–H groups in total. The lowest BCUT2D eigenvalue weighted by atomic mass is 10.3. The maximum absolute atomic E-state index is 10.8. The Bertz CT molecular complexity index is 188. The molecule has 0 amide bonds. The fourth-order valence-corrected chi connectivity index (χ4v) is 0.621. The molecule has 0 spiro atoms. The molecule has 0 rings (SSSR count). The van der Waals surface area contributed by atoms with Gasteiger partial charge < -0.3 is 15.2 Å². The third-order valence-electron chi connectivity index (χ3n) is 1.27.